The fraction of sp³-hybridized carbons (Fsp3) is 0.826. The standard InChI is InChI=1S/C23H39Cl3N4O6/c1-14(18(31)28-12-8-11-16(27)20(33)35-13-23(24,25)26)29-19(32)17(15-9-6-5-7-10-15)30-21(34)36-22(2,3)4/h14-17H,5-13,27H2,1-4H3,(H,28,31)(H,29,32)(H,30,34)/t14-,16-,17-/m0/s1. The van der Waals surface area contributed by atoms with Gasteiger partial charge in [-0.2, -0.15) is 0 Å². The zero-order valence-corrected chi connectivity index (χ0v) is 23.6. The molecular weight excluding hydrogens is 535 g/mol. The predicted molar refractivity (Wildman–Crippen MR) is 139 cm³/mol. The van der Waals surface area contributed by atoms with Gasteiger partial charge in [0.1, 0.15) is 30.3 Å². The lowest BCUT2D eigenvalue weighted by Gasteiger charge is -2.31. The summed E-state index contributed by atoms with van der Waals surface area (Å²) in [4.78, 5) is 49.6. The third-order valence-corrected chi connectivity index (χ3v) is 5.83. The van der Waals surface area contributed by atoms with Gasteiger partial charge in [0.15, 0.2) is 0 Å². The van der Waals surface area contributed by atoms with Crippen molar-refractivity contribution in [2.24, 2.45) is 11.7 Å². The minimum atomic E-state index is -1.72. The second kappa shape index (κ2) is 15.1. The molecular formula is C23H39Cl3N4O6. The van der Waals surface area contributed by atoms with Crippen molar-refractivity contribution < 1.29 is 28.7 Å². The molecule has 3 atom stereocenters. The third-order valence-electron chi connectivity index (χ3n) is 5.50. The molecule has 0 aliphatic heterocycles. The second-order valence-electron chi connectivity index (χ2n) is 10.0. The maximum absolute atomic E-state index is 13.0. The molecule has 0 unspecified atom stereocenters. The van der Waals surface area contributed by atoms with Crippen LogP contribution in [-0.2, 0) is 23.9 Å². The summed E-state index contributed by atoms with van der Waals surface area (Å²) in [5, 5.41) is 8.07. The summed E-state index contributed by atoms with van der Waals surface area (Å²) in [6, 6.07) is -2.57. The van der Waals surface area contributed by atoms with Gasteiger partial charge >= 0.3 is 12.1 Å². The van der Waals surface area contributed by atoms with Gasteiger partial charge < -0.3 is 31.2 Å². The number of hydrogen-bond donors (Lipinski definition) is 4. The van der Waals surface area contributed by atoms with Crippen molar-refractivity contribution in [2.75, 3.05) is 13.2 Å². The average Bonchev–Trinajstić information content (AvgIpc) is 2.77. The molecule has 13 heteroatoms. The molecule has 3 amide bonds. The molecule has 1 aliphatic carbocycles. The summed E-state index contributed by atoms with van der Waals surface area (Å²) < 4.78 is 8.42. The van der Waals surface area contributed by atoms with Crippen LogP contribution in [0, 0.1) is 5.92 Å². The number of nitrogens with one attached hydrogen (secondary N) is 3. The summed E-state index contributed by atoms with van der Waals surface area (Å²) in [7, 11) is 0. The van der Waals surface area contributed by atoms with Crippen LogP contribution < -0.4 is 21.7 Å². The van der Waals surface area contributed by atoms with Crippen molar-refractivity contribution in [2.45, 2.75) is 100 Å². The van der Waals surface area contributed by atoms with Crippen molar-refractivity contribution in [3.05, 3.63) is 0 Å². The molecule has 1 saturated carbocycles. The number of rotatable bonds is 11. The first kappa shape index (κ1) is 32.5. The van der Waals surface area contributed by atoms with Crippen LogP contribution >= 0.6 is 34.8 Å². The molecule has 0 spiro atoms. The largest absolute Gasteiger partial charge is 0.460 e. The minimum Gasteiger partial charge on any atom is -0.460 e. The van der Waals surface area contributed by atoms with Gasteiger partial charge in [0.25, 0.3) is 0 Å². The van der Waals surface area contributed by atoms with Crippen molar-refractivity contribution in [3.8, 4) is 0 Å². The Morgan fingerprint density at radius 3 is 2.17 bits per heavy atom. The summed E-state index contributed by atoms with van der Waals surface area (Å²) >= 11 is 16.6. The molecule has 1 rings (SSSR count). The number of ether oxygens (including phenoxy) is 2. The van der Waals surface area contributed by atoms with Gasteiger partial charge in [0, 0.05) is 6.54 Å². The number of carbonyl (C=O) groups is 4. The minimum absolute atomic E-state index is 0.0377. The molecule has 0 aromatic heterocycles. The van der Waals surface area contributed by atoms with E-state index in [1.54, 1.807) is 27.7 Å². The van der Waals surface area contributed by atoms with Crippen LogP contribution in [0.25, 0.3) is 0 Å². The smallest absolute Gasteiger partial charge is 0.408 e. The van der Waals surface area contributed by atoms with Crippen LogP contribution in [0.2, 0.25) is 0 Å². The van der Waals surface area contributed by atoms with Crippen molar-refractivity contribution in [1.82, 2.24) is 16.0 Å². The molecule has 1 fully saturated rings. The Morgan fingerprint density at radius 1 is 1.00 bits per heavy atom. The van der Waals surface area contributed by atoms with Crippen LogP contribution in [0.3, 0.4) is 0 Å². The maximum Gasteiger partial charge on any atom is 0.408 e. The second-order valence-corrected chi connectivity index (χ2v) is 12.5. The lowest BCUT2D eigenvalue weighted by molar-refractivity contribution is -0.145. The first-order chi connectivity index (χ1) is 16.6. The van der Waals surface area contributed by atoms with Crippen molar-refractivity contribution >= 4 is 58.7 Å². The summed E-state index contributed by atoms with van der Waals surface area (Å²) in [5.41, 5.74) is 5.05. The highest BCUT2D eigenvalue weighted by Gasteiger charge is 2.33. The van der Waals surface area contributed by atoms with E-state index in [4.69, 9.17) is 50.0 Å². The van der Waals surface area contributed by atoms with Crippen LogP contribution in [-0.4, -0.2) is 64.5 Å². The first-order valence-electron chi connectivity index (χ1n) is 12.2. The lowest BCUT2D eigenvalue weighted by atomic mass is 9.83. The fourth-order valence-electron chi connectivity index (χ4n) is 3.73. The van der Waals surface area contributed by atoms with Gasteiger partial charge in [-0.25, -0.2) is 4.79 Å². The molecule has 0 heterocycles. The Bertz CT molecular complexity index is 751. The normalized spacial score (nSPS) is 17.3. The van der Waals surface area contributed by atoms with Gasteiger partial charge in [-0.3, -0.25) is 14.4 Å². The van der Waals surface area contributed by atoms with Gasteiger partial charge in [0.2, 0.25) is 15.6 Å². The molecule has 0 aromatic carbocycles. The average molecular weight is 574 g/mol. The monoisotopic (exact) mass is 572 g/mol. The summed E-state index contributed by atoms with van der Waals surface area (Å²) in [6.45, 7) is 6.60. The van der Waals surface area contributed by atoms with E-state index >= 15 is 0 Å². The summed E-state index contributed by atoms with van der Waals surface area (Å²) in [6.07, 6.45) is 4.60. The molecule has 0 saturated heterocycles. The number of alkyl carbamates (subject to hydrolysis) is 1. The van der Waals surface area contributed by atoms with Gasteiger partial charge in [0.05, 0.1) is 0 Å². The predicted octanol–water partition coefficient (Wildman–Crippen LogP) is 3.10. The quantitative estimate of drug-likeness (QED) is 0.169. The Morgan fingerprint density at radius 2 is 1.61 bits per heavy atom. The molecule has 208 valence electrons. The SMILES string of the molecule is C[C@H](NC(=O)[C@@H](NC(=O)OC(C)(C)C)C1CCCCC1)C(=O)NCCC[C@H](N)C(=O)OCC(Cl)(Cl)Cl. The Labute approximate surface area is 228 Å². The number of esters is 1. The van der Waals surface area contributed by atoms with Crippen LogP contribution in [0.1, 0.15) is 72.6 Å². The molecule has 10 nitrogen and oxygen atoms in total. The molecule has 0 bridgehead atoms. The fourth-order valence-corrected chi connectivity index (χ4v) is 3.90. The van der Waals surface area contributed by atoms with E-state index in [0.717, 1.165) is 32.1 Å². The first-order valence-corrected chi connectivity index (χ1v) is 13.3. The third kappa shape index (κ3) is 13.7. The number of carbonyl (C=O) groups excluding carboxylic acids is 4. The van der Waals surface area contributed by atoms with E-state index in [1.165, 1.54) is 0 Å². The van der Waals surface area contributed by atoms with Gasteiger partial charge in [-0.1, -0.05) is 54.1 Å². The Kier molecular flexibility index (Phi) is 13.6. The molecule has 1 aliphatic rings. The zero-order chi connectivity index (χ0) is 27.5. The Balaban J connectivity index is 2.53. The van der Waals surface area contributed by atoms with E-state index < -0.39 is 58.0 Å². The highest BCUT2D eigenvalue weighted by Crippen LogP contribution is 2.27. The number of alkyl halides is 3. The zero-order valence-electron chi connectivity index (χ0n) is 21.3. The highest BCUT2D eigenvalue weighted by atomic mass is 35.6. The van der Waals surface area contributed by atoms with Crippen LogP contribution in [0.4, 0.5) is 4.79 Å². The Hall–Kier alpha value is -1.49. The van der Waals surface area contributed by atoms with Crippen molar-refractivity contribution in [1.29, 1.82) is 0 Å². The summed E-state index contributed by atoms with van der Waals surface area (Å²) in [5.74, 6) is -1.59. The topological polar surface area (TPSA) is 149 Å². The van der Waals surface area contributed by atoms with Crippen LogP contribution in [0.5, 0.6) is 0 Å². The van der Waals surface area contributed by atoms with Crippen LogP contribution in [0.15, 0.2) is 0 Å². The number of amides is 3. The van der Waals surface area contributed by atoms with E-state index in [2.05, 4.69) is 16.0 Å². The lowest BCUT2D eigenvalue weighted by Crippen LogP contribution is -2.56. The van der Waals surface area contributed by atoms with Gasteiger partial charge in [-0.05, 0) is 59.3 Å². The van der Waals surface area contributed by atoms with Crippen molar-refractivity contribution in [3.63, 3.8) is 0 Å². The van der Waals surface area contributed by atoms with E-state index in [1.807, 2.05) is 0 Å². The number of halogens is 3. The maximum atomic E-state index is 13.0. The number of nitrogens with two attached hydrogens (primary N) is 1. The molecule has 36 heavy (non-hydrogen) atoms. The van der Waals surface area contributed by atoms with E-state index in [-0.39, 0.29) is 18.9 Å². The molecule has 0 aromatic rings. The number of hydrogen-bond acceptors (Lipinski definition) is 7. The molecule has 5 N–H and O–H groups in total. The molecule has 0 radical (unpaired) electrons. The highest BCUT2D eigenvalue weighted by molar-refractivity contribution is 6.67. The van der Waals surface area contributed by atoms with Gasteiger partial charge in [-0.15, -0.1) is 0 Å². The van der Waals surface area contributed by atoms with E-state index in [9.17, 15) is 19.2 Å². The van der Waals surface area contributed by atoms with E-state index in [0.29, 0.717) is 6.42 Å².